The quantitative estimate of drug-likeness (QED) is 0.832. The highest BCUT2D eigenvalue weighted by Gasteiger charge is 2.39. The van der Waals surface area contributed by atoms with E-state index in [-0.39, 0.29) is 11.9 Å². The van der Waals surface area contributed by atoms with Crippen molar-refractivity contribution in [2.45, 2.75) is 38.1 Å². The molecule has 2 aliphatic heterocycles. The van der Waals surface area contributed by atoms with Crippen molar-refractivity contribution in [1.82, 2.24) is 4.90 Å². The summed E-state index contributed by atoms with van der Waals surface area (Å²) in [7, 11) is 1.68. The maximum atomic E-state index is 12.1. The molecule has 2 atom stereocenters. The van der Waals surface area contributed by atoms with E-state index in [0.717, 1.165) is 30.9 Å². The second kappa shape index (κ2) is 5.35. The van der Waals surface area contributed by atoms with Gasteiger partial charge in [-0.05, 0) is 31.0 Å². The van der Waals surface area contributed by atoms with Gasteiger partial charge < -0.3 is 14.4 Å². The van der Waals surface area contributed by atoms with Gasteiger partial charge in [0.15, 0.2) is 0 Å². The van der Waals surface area contributed by atoms with Crippen molar-refractivity contribution in [2.24, 2.45) is 0 Å². The number of ether oxygens (including phenoxy) is 2. The van der Waals surface area contributed by atoms with E-state index in [4.69, 9.17) is 9.47 Å². The van der Waals surface area contributed by atoms with Gasteiger partial charge in [-0.2, -0.15) is 0 Å². The van der Waals surface area contributed by atoms with Crippen LogP contribution in [0.1, 0.15) is 37.7 Å². The second-order valence-corrected chi connectivity index (χ2v) is 5.47. The summed E-state index contributed by atoms with van der Waals surface area (Å²) < 4.78 is 11.2. The topological polar surface area (TPSA) is 38.8 Å². The first-order valence-corrected chi connectivity index (χ1v) is 7.34. The number of likely N-dealkylation sites (tertiary alicyclic amines) is 1. The van der Waals surface area contributed by atoms with Gasteiger partial charge in [0.1, 0.15) is 18.1 Å². The first-order valence-electron chi connectivity index (χ1n) is 7.34. The van der Waals surface area contributed by atoms with Crippen molar-refractivity contribution in [2.75, 3.05) is 20.3 Å². The van der Waals surface area contributed by atoms with Gasteiger partial charge in [-0.15, -0.1) is 0 Å². The standard InChI is InChI=1S/C16H21NO3/c1-3-16(18)17-8-4-5-12-13-9-11(19-2)6-7-15(13)20-10-14(12)17/h6-7,9,12,14H,3-5,8,10H2,1-2H3. The van der Waals surface area contributed by atoms with Crippen LogP contribution >= 0.6 is 0 Å². The molecule has 0 N–H and O–H groups in total. The minimum Gasteiger partial charge on any atom is -0.497 e. The Balaban J connectivity index is 1.93. The van der Waals surface area contributed by atoms with E-state index in [1.54, 1.807) is 7.11 Å². The lowest BCUT2D eigenvalue weighted by Crippen LogP contribution is -2.51. The van der Waals surface area contributed by atoms with Crippen molar-refractivity contribution in [1.29, 1.82) is 0 Å². The van der Waals surface area contributed by atoms with Crippen LogP contribution in [0.15, 0.2) is 18.2 Å². The van der Waals surface area contributed by atoms with E-state index in [1.165, 1.54) is 5.56 Å². The number of methoxy groups -OCH3 is 1. The van der Waals surface area contributed by atoms with Gasteiger partial charge >= 0.3 is 0 Å². The van der Waals surface area contributed by atoms with Crippen molar-refractivity contribution in [3.8, 4) is 11.5 Å². The SMILES string of the molecule is CCC(=O)N1CCCC2c3cc(OC)ccc3OCC21. The molecule has 1 aromatic carbocycles. The Kier molecular flexibility index (Phi) is 3.55. The highest BCUT2D eigenvalue weighted by atomic mass is 16.5. The Bertz CT molecular complexity index is 514. The first-order chi connectivity index (χ1) is 9.74. The highest BCUT2D eigenvalue weighted by Crippen LogP contribution is 2.42. The largest absolute Gasteiger partial charge is 0.497 e. The Morgan fingerprint density at radius 3 is 3.10 bits per heavy atom. The maximum absolute atomic E-state index is 12.1. The van der Waals surface area contributed by atoms with Crippen molar-refractivity contribution in [3.05, 3.63) is 23.8 Å². The normalized spacial score (nSPS) is 24.4. The molecule has 1 aromatic rings. The zero-order chi connectivity index (χ0) is 14.1. The smallest absolute Gasteiger partial charge is 0.222 e. The van der Waals surface area contributed by atoms with E-state index in [2.05, 4.69) is 6.07 Å². The van der Waals surface area contributed by atoms with E-state index in [9.17, 15) is 4.79 Å². The molecule has 4 heteroatoms. The molecule has 0 radical (unpaired) electrons. The Morgan fingerprint density at radius 1 is 1.50 bits per heavy atom. The average molecular weight is 275 g/mol. The van der Waals surface area contributed by atoms with Crippen LogP contribution in [0, 0.1) is 0 Å². The predicted octanol–water partition coefficient (Wildman–Crippen LogP) is 2.57. The fraction of sp³-hybridized carbons (Fsp3) is 0.562. The summed E-state index contributed by atoms with van der Waals surface area (Å²) in [5.74, 6) is 2.40. The molecule has 0 saturated carbocycles. The van der Waals surface area contributed by atoms with Crippen LogP contribution in [-0.2, 0) is 4.79 Å². The summed E-state index contributed by atoms with van der Waals surface area (Å²) in [4.78, 5) is 14.1. The summed E-state index contributed by atoms with van der Waals surface area (Å²) in [6, 6.07) is 6.14. The third kappa shape index (κ3) is 2.13. The number of carbonyl (C=O) groups is 1. The summed E-state index contributed by atoms with van der Waals surface area (Å²) in [5.41, 5.74) is 1.19. The lowest BCUT2D eigenvalue weighted by Gasteiger charge is -2.44. The molecule has 0 spiro atoms. The molecule has 3 rings (SSSR count). The lowest BCUT2D eigenvalue weighted by atomic mass is 9.81. The van der Waals surface area contributed by atoms with Gasteiger partial charge in [0.05, 0.1) is 13.2 Å². The first kappa shape index (κ1) is 13.3. The number of rotatable bonds is 2. The Hall–Kier alpha value is -1.71. The van der Waals surface area contributed by atoms with Crippen molar-refractivity contribution in [3.63, 3.8) is 0 Å². The van der Waals surface area contributed by atoms with Crippen LogP contribution in [0.2, 0.25) is 0 Å². The number of carbonyl (C=O) groups excluding carboxylic acids is 1. The molecule has 2 heterocycles. The van der Waals surface area contributed by atoms with Crippen LogP contribution in [-0.4, -0.2) is 37.1 Å². The fourth-order valence-corrected chi connectivity index (χ4v) is 3.39. The van der Waals surface area contributed by atoms with E-state index >= 15 is 0 Å². The molecule has 1 saturated heterocycles. The van der Waals surface area contributed by atoms with Crippen LogP contribution in [0.25, 0.3) is 0 Å². The molecule has 1 amide bonds. The Labute approximate surface area is 119 Å². The third-order valence-corrected chi connectivity index (χ3v) is 4.43. The number of nitrogens with zero attached hydrogens (tertiary/aromatic N) is 1. The molecule has 0 aliphatic carbocycles. The molecule has 0 aromatic heterocycles. The molecule has 4 nitrogen and oxygen atoms in total. The number of amides is 1. The number of benzene rings is 1. The zero-order valence-corrected chi connectivity index (χ0v) is 12.1. The zero-order valence-electron chi connectivity index (χ0n) is 12.1. The number of hydrogen-bond acceptors (Lipinski definition) is 3. The summed E-state index contributed by atoms with van der Waals surface area (Å²) in [6.45, 7) is 3.39. The summed E-state index contributed by atoms with van der Waals surface area (Å²) >= 11 is 0. The van der Waals surface area contributed by atoms with Gasteiger partial charge in [-0.1, -0.05) is 6.92 Å². The molecule has 2 aliphatic rings. The fourth-order valence-electron chi connectivity index (χ4n) is 3.39. The van der Waals surface area contributed by atoms with Crippen molar-refractivity contribution >= 4 is 5.91 Å². The molecular formula is C16H21NO3. The molecule has 0 bridgehead atoms. The molecule has 1 fully saturated rings. The number of piperidine rings is 1. The van der Waals surface area contributed by atoms with Gasteiger partial charge in [-0.25, -0.2) is 0 Å². The van der Waals surface area contributed by atoms with E-state index in [1.807, 2.05) is 24.0 Å². The van der Waals surface area contributed by atoms with Gasteiger partial charge in [0, 0.05) is 24.4 Å². The van der Waals surface area contributed by atoms with E-state index in [0.29, 0.717) is 18.9 Å². The van der Waals surface area contributed by atoms with Crippen molar-refractivity contribution < 1.29 is 14.3 Å². The molecule has 108 valence electrons. The van der Waals surface area contributed by atoms with Gasteiger partial charge in [-0.3, -0.25) is 4.79 Å². The van der Waals surface area contributed by atoms with Crippen LogP contribution < -0.4 is 9.47 Å². The average Bonchev–Trinajstić information content (AvgIpc) is 2.52. The van der Waals surface area contributed by atoms with Gasteiger partial charge in [0.25, 0.3) is 0 Å². The van der Waals surface area contributed by atoms with E-state index < -0.39 is 0 Å². The Morgan fingerprint density at radius 2 is 2.35 bits per heavy atom. The summed E-state index contributed by atoms with van der Waals surface area (Å²) in [5, 5.41) is 0. The molecular weight excluding hydrogens is 254 g/mol. The van der Waals surface area contributed by atoms with Crippen LogP contribution in [0.4, 0.5) is 0 Å². The predicted molar refractivity (Wildman–Crippen MR) is 76.3 cm³/mol. The summed E-state index contributed by atoms with van der Waals surface area (Å²) in [6.07, 6.45) is 2.74. The minimum absolute atomic E-state index is 0.177. The molecule has 20 heavy (non-hydrogen) atoms. The third-order valence-electron chi connectivity index (χ3n) is 4.43. The van der Waals surface area contributed by atoms with Crippen LogP contribution in [0.5, 0.6) is 11.5 Å². The maximum Gasteiger partial charge on any atom is 0.222 e. The number of hydrogen-bond donors (Lipinski definition) is 0. The van der Waals surface area contributed by atoms with Gasteiger partial charge in [0.2, 0.25) is 5.91 Å². The molecule has 2 unspecified atom stereocenters. The minimum atomic E-state index is 0.177. The highest BCUT2D eigenvalue weighted by molar-refractivity contribution is 5.76. The number of fused-ring (bicyclic) bond motifs is 3. The second-order valence-electron chi connectivity index (χ2n) is 5.47. The van der Waals surface area contributed by atoms with Crippen LogP contribution in [0.3, 0.4) is 0 Å². The lowest BCUT2D eigenvalue weighted by molar-refractivity contribution is -0.136. The monoisotopic (exact) mass is 275 g/mol.